The number of halogens is 2. The molecule has 21 heavy (non-hydrogen) atoms. The Balaban J connectivity index is 2.22. The zero-order valence-corrected chi connectivity index (χ0v) is 15.5. The third-order valence-electron chi connectivity index (χ3n) is 3.38. The van der Waals surface area contributed by atoms with Crippen molar-refractivity contribution < 1.29 is 0 Å². The van der Waals surface area contributed by atoms with Crippen LogP contribution in [0.4, 0.5) is 5.69 Å². The Labute approximate surface area is 143 Å². The van der Waals surface area contributed by atoms with E-state index in [-0.39, 0.29) is 0 Å². The van der Waals surface area contributed by atoms with Crippen molar-refractivity contribution in [3.63, 3.8) is 0 Å². The number of hydrogen-bond donors (Lipinski definition) is 1. The van der Waals surface area contributed by atoms with Crippen molar-refractivity contribution in [3.8, 4) is 0 Å². The summed E-state index contributed by atoms with van der Waals surface area (Å²) in [5, 5.41) is 3.41. The highest BCUT2D eigenvalue weighted by Crippen LogP contribution is 2.26. The molecule has 0 saturated carbocycles. The zero-order chi connectivity index (χ0) is 15.2. The molecule has 0 amide bonds. The maximum Gasteiger partial charge on any atom is 0.0437 e. The summed E-state index contributed by atoms with van der Waals surface area (Å²) in [6.45, 7) is 4.86. The largest absolute Gasteiger partial charge is 0.370 e. The Bertz CT molecular complexity index is 599. The van der Waals surface area contributed by atoms with E-state index >= 15 is 0 Å². The Hall–Kier alpha value is -0.840. The molecule has 2 nitrogen and oxygen atoms in total. The first kappa shape index (κ1) is 16.5. The van der Waals surface area contributed by atoms with Gasteiger partial charge >= 0.3 is 0 Å². The molecule has 0 atom stereocenters. The molecular weight excluding hydrogens is 392 g/mol. The molecule has 0 saturated heterocycles. The molecule has 0 aromatic heterocycles. The lowest BCUT2D eigenvalue weighted by atomic mass is 10.1. The van der Waals surface area contributed by atoms with Gasteiger partial charge in [-0.05, 0) is 41.9 Å². The lowest BCUT2D eigenvalue weighted by Crippen LogP contribution is -2.21. The molecule has 0 radical (unpaired) electrons. The fraction of sp³-hybridized carbons (Fsp3) is 0.294. The Kier molecular flexibility index (Phi) is 6.27. The van der Waals surface area contributed by atoms with Gasteiger partial charge in [0.1, 0.15) is 0 Å². The Morgan fingerprint density at radius 1 is 1.05 bits per heavy atom. The summed E-state index contributed by atoms with van der Waals surface area (Å²) in [7, 11) is 2.14. The van der Waals surface area contributed by atoms with Gasteiger partial charge in [0.05, 0.1) is 0 Å². The number of benzene rings is 2. The van der Waals surface area contributed by atoms with E-state index in [0.717, 1.165) is 28.6 Å². The summed E-state index contributed by atoms with van der Waals surface area (Å²) >= 11 is 7.18. The molecule has 0 aliphatic carbocycles. The summed E-state index contributed by atoms with van der Waals surface area (Å²) < 4.78 is 2.27. The van der Waals surface area contributed by atoms with Gasteiger partial charge in [0.2, 0.25) is 0 Å². The van der Waals surface area contributed by atoms with E-state index in [4.69, 9.17) is 0 Å². The van der Waals surface area contributed by atoms with Gasteiger partial charge in [0.15, 0.2) is 0 Å². The van der Waals surface area contributed by atoms with E-state index < -0.39 is 0 Å². The van der Waals surface area contributed by atoms with Crippen LogP contribution in [0.2, 0.25) is 0 Å². The SMILES string of the molecule is CCNCc1cc(Br)ccc1N(C)Cc1ccccc1Br. The molecule has 0 aliphatic heterocycles. The predicted molar refractivity (Wildman–Crippen MR) is 97.8 cm³/mol. The zero-order valence-electron chi connectivity index (χ0n) is 12.4. The van der Waals surface area contributed by atoms with E-state index in [1.165, 1.54) is 16.8 Å². The first-order valence-electron chi connectivity index (χ1n) is 7.05. The number of anilines is 1. The van der Waals surface area contributed by atoms with Crippen molar-refractivity contribution in [2.24, 2.45) is 0 Å². The molecule has 0 spiro atoms. The fourth-order valence-electron chi connectivity index (χ4n) is 2.30. The van der Waals surface area contributed by atoms with Gasteiger partial charge in [-0.15, -0.1) is 0 Å². The first-order chi connectivity index (χ1) is 10.1. The third kappa shape index (κ3) is 4.56. The number of nitrogens with zero attached hydrogens (tertiary/aromatic N) is 1. The topological polar surface area (TPSA) is 15.3 Å². The maximum absolute atomic E-state index is 3.62. The minimum absolute atomic E-state index is 0.877. The van der Waals surface area contributed by atoms with Gasteiger partial charge in [-0.3, -0.25) is 0 Å². The summed E-state index contributed by atoms with van der Waals surface area (Å²) in [6, 6.07) is 14.8. The van der Waals surface area contributed by atoms with Crippen molar-refractivity contribution in [2.45, 2.75) is 20.0 Å². The molecule has 0 aliphatic rings. The van der Waals surface area contributed by atoms with E-state index in [0.29, 0.717) is 0 Å². The molecule has 2 rings (SSSR count). The molecule has 0 fully saturated rings. The Morgan fingerprint density at radius 3 is 2.52 bits per heavy atom. The first-order valence-corrected chi connectivity index (χ1v) is 8.64. The lowest BCUT2D eigenvalue weighted by molar-refractivity contribution is 0.722. The average molecular weight is 412 g/mol. The van der Waals surface area contributed by atoms with Gasteiger partial charge in [0, 0.05) is 34.8 Å². The highest BCUT2D eigenvalue weighted by molar-refractivity contribution is 9.10. The Morgan fingerprint density at radius 2 is 1.81 bits per heavy atom. The second-order valence-electron chi connectivity index (χ2n) is 5.00. The van der Waals surface area contributed by atoms with Crippen molar-refractivity contribution in [1.29, 1.82) is 0 Å². The van der Waals surface area contributed by atoms with Crippen molar-refractivity contribution in [1.82, 2.24) is 5.32 Å². The minimum atomic E-state index is 0.877. The van der Waals surface area contributed by atoms with Crippen LogP contribution in [0.15, 0.2) is 51.4 Å². The monoisotopic (exact) mass is 410 g/mol. The van der Waals surface area contributed by atoms with E-state index in [9.17, 15) is 0 Å². The van der Waals surface area contributed by atoms with Crippen molar-refractivity contribution >= 4 is 37.5 Å². The fourth-order valence-corrected chi connectivity index (χ4v) is 3.11. The van der Waals surface area contributed by atoms with Crippen molar-refractivity contribution in [3.05, 3.63) is 62.5 Å². The lowest BCUT2D eigenvalue weighted by Gasteiger charge is -2.23. The van der Waals surface area contributed by atoms with Gasteiger partial charge in [-0.1, -0.05) is 57.0 Å². The van der Waals surface area contributed by atoms with Crippen LogP contribution in [0.3, 0.4) is 0 Å². The molecule has 112 valence electrons. The highest BCUT2D eigenvalue weighted by atomic mass is 79.9. The summed E-state index contributed by atoms with van der Waals surface area (Å²) in [4.78, 5) is 2.29. The van der Waals surface area contributed by atoms with Crippen LogP contribution in [0.1, 0.15) is 18.1 Å². The number of nitrogens with one attached hydrogen (secondary N) is 1. The normalized spacial score (nSPS) is 10.7. The van der Waals surface area contributed by atoms with Crippen LogP contribution in [0.25, 0.3) is 0 Å². The standard InChI is InChI=1S/C17H20Br2N2/c1-3-20-11-14-10-15(18)8-9-17(14)21(2)12-13-6-4-5-7-16(13)19/h4-10,20H,3,11-12H2,1-2H3. The van der Waals surface area contributed by atoms with Gasteiger partial charge in [0.25, 0.3) is 0 Å². The number of rotatable bonds is 6. The molecule has 0 bridgehead atoms. The van der Waals surface area contributed by atoms with Gasteiger partial charge < -0.3 is 10.2 Å². The maximum atomic E-state index is 3.62. The summed E-state index contributed by atoms with van der Waals surface area (Å²) in [5.41, 5.74) is 3.85. The highest BCUT2D eigenvalue weighted by Gasteiger charge is 2.10. The van der Waals surface area contributed by atoms with Crippen LogP contribution in [-0.2, 0) is 13.1 Å². The summed E-state index contributed by atoms with van der Waals surface area (Å²) in [5.74, 6) is 0. The van der Waals surface area contributed by atoms with Crippen LogP contribution in [0, 0.1) is 0 Å². The second-order valence-corrected chi connectivity index (χ2v) is 6.77. The van der Waals surface area contributed by atoms with Crippen LogP contribution >= 0.6 is 31.9 Å². The van der Waals surface area contributed by atoms with Crippen LogP contribution < -0.4 is 10.2 Å². The second kappa shape index (κ2) is 7.97. The van der Waals surface area contributed by atoms with Gasteiger partial charge in [-0.2, -0.15) is 0 Å². The smallest absolute Gasteiger partial charge is 0.0437 e. The van der Waals surface area contributed by atoms with E-state index in [2.05, 4.69) is 92.4 Å². The molecular formula is C17H20Br2N2. The quantitative estimate of drug-likeness (QED) is 0.722. The van der Waals surface area contributed by atoms with Crippen molar-refractivity contribution in [2.75, 3.05) is 18.5 Å². The predicted octanol–water partition coefficient (Wildman–Crippen LogP) is 4.96. The van der Waals surface area contributed by atoms with E-state index in [1.54, 1.807) is 0 Å². The molecule has 2 aromatic carbocycles. The molecule has 2 aromatic rings. The molecule has 0 unspecified atom stereocenters. The average Bonchev–Trinajstić information content (AvgIpc) is 2.47. The minimum Gasteiger partial charge on any atom is -0.370 e. The molecule has 0 heterocycles. The van der Waals surface area contributed by atoms with Gasteiger partial charge in [-0.25, -0.2) is 0 Å². The third-order valence-corrected chi connectivity index (χ3v) is 4.65. The van der Waals surface area contributed by atoms with Crippen LogP contribution in [0.5, 0.6) is 0 Å². The van der Waals surface area contributed by atoms with Crippen LogP contribution in [-0.4, -0.2) is 13.6 Å². The van der Waals surface area contributed by atoms with E-state index in [1.807, 2.05) is 6.07 Å². The number of hydrogen-bond acceptors (Lipinski definition) is 2. The molecule has 1 N–H and O–H groups in total. The molecule has 4 heteroatoms. The summed E-state index contributed by atoms with van der Waals surface area (Å²) in [6.07, 6.45) is 0.